The van der Waals surface area contributed by atoms with Crippen molar-refractivity contribution in [1.82, 2.24) is 24.6 Å². The van der Waals surface area contributed by atoms with Crippen molar-refractivity contribution in [2.75, 3.05) is 31.1 Å². The van der Waals surface area contributed by atoms with E-state index in [2.05, 4.69) is 45.2 Å². The van der Waals surface area contributed by atoms with Crippen molar-refractivity contribution in [3.63, 3.8) is 0 Å². The average Bonchev–Trinajstić information content (AvgIpc) is 3.33. The molecule has 6 nitrogen and oxygen atoms in total. The molecule has 2 aliphatic rings. The SMILES string of the molecule is Cn1ncc2c(N3CCN4CCC[C@@H]4C3)nc(CCc3ccccc3)nc21. The fraction of sp³-hybridized carbons (Fsp3) is 0.476. The maximum Gasteiger partial charge on any atom is 0.163 e. The zero-order valence-corrected chi connectivity index (χ0v) is 15.9. The van der Waals surface area contributed by atoms with Crippen molar-refractivity contribution >= 4 is 16.9 Å². The van der Waals surface area contributed by atoms with Crippen molar-refractivity contribution in [3.8, 4) is 0 Å². The van der Waals surface area contributed by atoms with Gasteiger partial charge in [-0.1, -0.05) is 30.3 Å². The number of benzene rings is 1. The summed E-state index contributed by atoms with van der Waals surface area (Å²) in [6.45, 7) is 4.50. The first-order valence-corrected chi connectivity index (χ1v) is 9.99. The Bertz CT molecular complexity index is 934. The van der Waals surface area contributed by atoms with Crippen LogP contribution >= 0.6 is 0 Å². The van der Waals surface area contributed by atoms with E-state index >= 15 is 0 Å². The predicted molar refractivity (Wildman–Crippen MR) is 107 cm³/mol. The molecule has 6 heteroatoms. The second-order valence-electron chi connectivity index (χ2n) is 7.73. The van der Waals surface area contributed by atoms with Gasteiger partial charge in [0, 0.05) is 39.1 Å². The summed E-state index contributed by atoms with van der Waals surface area (Å²) >= 11 is 0. The number of nitrogens with zero attached hydrogens (tertiary/aromatic N) is 6. The first-order chi connectivity index (χ1) is 13.3. The normalized spacial score (nSPS) is 20.3. The smallest absolute Gasteiger partial charge is 0.163 e. The number of piperazine rings is 1. The Hall–Kier alpha value is -2.47. The molecule has 4 heterocycles. The largest absolute Gasteiger partial charge is 0.353 e. The highest BCUT2D eigenvalue weighted by Gasteiger charge is 2.32. The van der Waals surface area contributed by atoms with Crippen molar-refractivity contribution in [3.05, 3.63) is 47.9 Å². The van der Waals surface area contributed by atoms with E-state index in [0.29, 0.717) is 6.04 Å². The lowest BCUT2D eigenvalue weighted by Gasteiger charge is -2.38. The van der Waals surface area contributed by atoms with Crippen molar-refractivity contribution in [2.45, 2.75) is 31.7 Å². The Morgan fingerprint density at radius 2 is 1.93 bits per heavy atom. The minimum absolute atomic E-state index is 0.674. The van der Waals surface area contributed by atoms with Crippen LogP contribution in [0.2, 0.25) is 0 Å². The molecule has 0 spiro atoms. The molecule has 0 amide bonds. The summed E-state index contributed by atoms with van der Waals surface area (Å²) in [4.78, 5) is 14.9. The monoisotopic (exact) mass is 362 g/mol. The van der Waals surface area contributed by atoms with Gasteiger partial charge < -0.3 is 4.90 Å². The van der Waals surface area contributed by atoms with Crippen LogP contribution in [-0.4, -0.2) is 56.9 Å². The first kappa shape index (κ1) is 16.7. The van der Waals surface area contributed by atoms with Gasteiger partial charge in [0.25, 0.3) is 0 Å². The molecule has 1 aromatic carbocycles. The third-order valence-electron chi connectivity index (χ3n) is 5.99. The summed E-state index contributed by atoms with van der Waals surface area (Å²) in [6, 6.07) is 11.3. The van der Waals surface area contributed by atoms with E-state index in [1.807, 2.05) is 17.9 Å². The van der Waals surface area contributed by atoms with Crippen LogP contribution in [0.25, 0.3) is 11.0 Å². The van der Waals surface area contributed by atoms with Gasteiger partial charge in [0.15, 0.2) is 5.65 Å². The van der Waals surface area contributed by atoms with Crippen LogP contribution in [0.4, 0.5) is 5.82 Å². The number of fused-ring (bicyclic) bond motifs is 2. The van der Waals surface area contributed by atoms with Crippen LogP contribution in [0.15, 0.2) is 36.5 Å². The molecular weight excluding hydrogens is 336 g/mol. The molecule has 3 aromatic rings. The molecule has 2 aromatic heterocycles. The van der Waals surface area contributed by atoms with Gasteiger partial charge in [-0.05, 0) is 31.4 Å². The molecule has 27 heavy (non-hydrogen) atoms. The van der Waals surface area contributed by atoms with E-state index in [0.717, 1.165) is 55.2 Å². The van der Waals surface area contributed by atoms with E-state index in [-0.39, 0.29) is 0 Å². The third kappa shape index (κ3) is 3.18. The first-order valence-electron chi connectivity index (χ1n) is 9.99. The number of aromatic nitrogens is 4. The standard InChI is InChI=1S/C21H26N6/c1-25-20-18(14-22-25)21(27-13-12-26-11-5-8-17(26)15-27)24-19(23-20)10-9-16-6-3-2-4-7-16/h2-4,6-7,14,17H,5,8-13,15H2,1H3/t17-/m1/s1. The summed E-state index contributed by atoms with van der Waals surface area (Å²) in [5, 5.41) is 5.53. The van der Waals surface area contributed by atoms with Crippen molar-refractivity contribution < 1.29 is 0 Å². The zero-order valence-electron chi connectivity index (χ0n) is 15.9. The molecule has 0 N–H and O–H groups in total. The minimum atomic E-state index is 0.674. The number of aryl methyl sites for hydroxylation is 3. The molecule has 0 bridgehead atoms. The van der Waals surface area contributed by atoms with Gasteiger partial charge in [0.05, 0.1) is 11.6 Å². The lowest BCUT2D eigenvalue weighted by molar-refractivity contribution is 0.230. The molecule has 2 saturated heterocycles. The Labute approximate surface area is 159 Å². The van der Waals surface area contributed by atoms with Crippen molar-refractivity contribution in [1.29, 1.82) is 0 Å². The van der Waals surface area contributed by atoms with Crippen LogP contribution in [0.5, 0.6) is 0 Å². The highest BCUT2D eigenvalue weighted by molar-refractivity contribution is 5.87. The van der Waals surface area contributed by atoms with Crippen LogP contribution in [-0.2, 0) is 19.9 Å². The second kappa shape index (κ2) is 6.93. The molecule has 0 unspecified atom stereocenters. The highest BCUT2D eigenvalue weighted by atomic mass is 15.3. The lowest BCUT2D eigenvalue weighted by atomic mass is 10.1. The predicted octanol–water partition coefficient (Wildman–Crippen LogP) is 2.43. The third-order valence-corrected chi connectivity index (χ3v) is 5.99. The zero-order chi connectivity index (χ0) is 18.2. The van der Waals surface area contributed by atoms with E-state index in [9.17, 15) is 0 Å². The quantitative estimate of drug-likeness (QED) is 0.713. The number of anilines is 1. The molecule has 0 saturated carbocycles. The Morgan fingerprint density at radius 1 is 1.04 bits per heavy atom. The Balaban J connectivity index is 1.45. The molecule has 1 atom stereocenters. The number of hydrogen-bond acceptors (Lipinski definition) is 5. The Kier molecular flexibility index (Phi) is 4.28. The maximum absolute atomic E-state index is 5.01. The summed E-state index contributed by atoms with van der Waals surface area (Å²) in [7, 11) is 1.97. The van der Waals surface area contributed by atoms with E-state index in [1.54, 1.807) is 0 Å². The topological polar surface area (TPSA) is 50.1 Å². The Morgan fingerprint density at radius 3 is 2.81 bits per heavy atom. The number of hydrogen-bond donors (Lipinski definition) is 0. The second-order valence-corrected chi connectivity index (χ2v) is 7.73. The fourth-order valence-electron chi connectivity index (χ4n) is 4.49. The van der Waals surface area contributed by atoms with E-state index in [1.165, 1.54) is 24.9 Å². The average molecular weight is 362 g/mol. The summed E-state index contributed by atoms with van der Waals surface area (Å²) < 4.78 is 1.87. The molecule has 5 rings (SSSR count). The molecule has 2 fully saturated rings. The number of rotatable bonds is 4. The van der Waals surface area contributed by atoms with Crippen LogP contribution in [0.1, 0.15) is 24.2 Å². The molecule has 2 aliphatic heterocycles. The highest BCUT2D eigenvalue weighted by Crippen LogP contribution is 2.29. The maximum atomic E-state index is 5.01. The molecule has 0 aliphatic carbocycles. The fourth-order valence-corrected chi connectivity index (χ4v) is 4.49. The van der Waals surface area contributed by atoms with Gasteiger partial charge in [0.2, 0.25) is 0 Å². The lowest BCUT2D eigenvalue weighted by Crippen LogP contribution is -2.50. The minimum Gasteiger partial charge on any atom is -0.353 e. The van der Waals surface area contributed by atoms with Gasteiger partial charge in [0.1, 0.15) is 11.6 Å². The van der Waals surface area contributed by atoms with Gasteiger partial charge in [-0.3, -0.25) is 9.58 Å². The van der Waals surface area contributed by atoms with Gasteiger partial charge in [-0.15, -0.1) is 0 Å². The van der Waals surface area contributed by atoms with Crippen molar-refractivity contribution in [2.24, 2.45) is 7.05 Å². The van der Waals surface area contributed by atoms with Gasteiger partial charge in [-0.2, -0.15) is 5.10 Å². The van der Waals surface area contributed by atoms with Gasteiger partial charge >= 0.3 is 0 Å². The van der Waals surface area contributed by atoms with Crippen LogP contribution in [0.3, 0.4) is 0 Å². The summed E-state index contributed by atoms with van der Waals surface area (Å²) in [6.07, 6.45) is 6.36. The summed E-state index contributed by atoms with van der Waals surface area (Å²) in [5.74, 6) is 1.99. The summed E-state index contributed by atoms with van der Waals surface area (Å²) in [5.41, 5.74) is 2.27. The van der Waals surface area contributed by atoms with Gasteiger partial charge in [-0.25, -0.2) is 9.97 Å². The molecule has 0 radical (unpaired) electrons. The van der Waals surface area contributed by atoms with Crippen LogP contribution < -0.4 is 4.90 Å². The van der Waals surface area contributed by atoms with Crippen LogP contribution in [0, 0.1) is 0 Å². The molecule has 140 valence electrons. The van der Waals surface area contributed by atoms with E-state index in [4.69, 9.17) is 9.97 Å². The molecular formula is C21H26N6. The van der Waals surface area contributed by atoms with E-state index < -0.39 is 0 Å².